The molecule has 94 valence electrons. The summed E-state index contributed by atoms with van der Waals surface area (Å²) in [6.45, 7) is 2.90. The van der Waals surface area contributed by atoms with E-state index < -0.39 is 0 Å². The van der Waals surface area contributed by atoms with Crippen LogP contribution in [0.4, 0.5) is 5.69 Å². The van der Waals surface area contributed by atoms with E-state index in [2.05, 4.69) is 11.4 Å². The summed E-state index contributed by atoms with van der Waals surface area (Å²) in [6.07, 6.45) is 5.18. The molecule has 3 nitrogen and oxygen atoms in total. The summed E-state index contributed by atoms with van der Waals surface area (Å²) >= 11 is 0. The van der Waals surface area contributed by atoms with Crippen LogP contribution in [0.5, 0.6) is 0 Å². The van der Waals surface area contributed by atoms with Crippen LogP contribution in [0.15, 0.2) is 24.3 Å². The summed E-state index contributed by atoms with van der Waals surface area (Å²) < 4.78 is 5.67. The third-order valence-corrected chi connectivity index (χ3v) is 3.19. The number of nitrogens with two attached hydrogens (primary N) is 1. The van der Waals surface area contributed by atoms with Crippen molar-refractivity contribution in [3.05, 3.63) is 29.8 Å². The molecule has 1 aliphatic heterocycles. The minimum absolute atomic E-state index is 0.421. The summed E-state index contributed by atoms with van der Waals surface area (Å²) in [6, 6.07) is 8.09. The molecule has 17 heavy (non-hydrogen) atoms. The van der Waals surface area contributed by atoms with Gasteiger partial charge in [0.25, 0.3) is 0 Å². The first-order chi connectivity index (χ1) is 8.34. The van der Waals surface area contributed by atoms with Gasteiger partial charge in [0.1, 0.15) is 0 Å². The Bertz CT molecular complexity index is 335. The Hall–Kier alpha value is -1.06. The first-order valence-electron chi connectivity index (χ1n) is 6.51. The minimum Gasteiger partial charge on any atom is -0.399 e. The van der Waals surface area contributed by atoms with Crippen molar-refractivity contribution < 1.29 is 4.74 Å². The van der Waals surface area contributed by atoms with Gasteiger partial charge in [0.2, 0.25) is 0 Å². The Kier molecular flexibility index (Phi) is 4.83. The Morgan fingerprint density at radius 2 is 2.29 bits per heavy atom. The molecule has 1 saturated heterocycles. The molecule has 3 N–H and O–H groups in total. The molecule has 1 aromatic carbocycles. The Morgan fingerprint density at radius 3 is 3.06 bits per heavy atom. The number of rotatable bonds is 5. The summed E-state index contributed by atoms with van der Waals surface area (Å²) in [5.74, 6) is 0. The van der Waals surface area contributed by atoms with Gasteiger partial charge in [-0.15, -0.1) is 0 Å². The van der Waals surface area contributed by atoms with Gasteiger partial charge in [-0.3, -0.25) is 0 Å². The van der Waals surface area contributed by atoms with Crippen LogP contribution in [0.2, 0.25) is 0 Å². The van der Waals surface area contributed by atoms with Gasteiger partial charge in [-0.05, 0) is 49.9 Å². The monoisotopic (exact) mass is 234 g/mol. The number of nitrogen functional groups attached to an aromatic ring is 1. The smallest absolute Gasteiger partial charge is 0.0699 e. The lowest BCUT2D eigenvalue weighted by molar-refractivity contribution is 0.0171. The molecular weight excluding hydrogens is 212 g/mol. The number of nitrogens with one attached hydrogen (secondary N) is 1. The molecule has 0 bridgehead atoms. The van der Waals surface area contributed by atoms with Gasteiger partial charge in [-0.25, -0.2) is 0 Å². The average molecular weight is 234 g/mol. The fourth-order valence-electron chi connectivity index (χ4n) is 2.21. The lowest BCUT2D eigenvalue weighted by Gasteiger charge is -2.22. The van der Waals surface area contributed by atoms with Crippen molar-refractivity contribution in [2.45, 2.75) is 31.8 Å². The molecule has 0 aliphatic carbocycles. The number of anilines is 1. The molecule has 1 aromatic rings. The van der Waals surface area contributed by atoms with Crippen LogP contribution < -0.4 is 11.1 Å². The molecule has 3 heteroatoms. The highest BCUT2D eigenvalue weighted by atomic mass is 16.5. The van der Waals surface area contributed by atoms with Crippen molar-refractivity contribution in [3.63, 3.8) is 0 Å². The molecule has 0 spiro atoms. The Labute approximate surface area is 103 Å². The van der Waals surface area contributed by atoms with Crippen LogP contribution in [-0.4, -0.2) is 25.8 Å². The zero-order valence-corrected chi connectivity index (χ0v) is 10.3. The Morgan fingerprint density at radius 1 is 1.35 bits per heavy atom. The van der Waals surface area contributed by atoms with Gasteiger partial charge >= 0.3 is 0 Å². The molecule has 2 rings (SSSR count). The maximum atomic E-state index is 5.74. The number of ether oxygens (including phenoxy) is 1. The second-order valence-electron chi connectivity index (χ2n) is 4.69. The van der Waals surface area contributed by atoms with Crippen LogP contribution in [0.1, 0.15) is 24.8 Å². The molecular formula is C14H22N2O. The van der Waals surface area contributed by atoms with E-state index in [0.29, 0.717) is 6.10 Å². The standard InChI is InChI=1S/C14H22N2O/c15-13-5-3-4-12(10-13)7-8-16-11-14-6-1-2-9-17-14/h3-5,10,14,16H,1-2,6-9,11,15H2. The fraction of sp³-hybridized carbons (Fsp3) is 0.571. The molecule has 0 amide bonds. The van der Waals surface area contributed by atoms with Gasteiger partial charge in [0, 0.05) is 18.8 Å². The summed E-state index contributed by atoms with van der Waals surface area (Å²) in [5.41, 5.74) is 7.88. The van der Waals surface area contributed by atoms with Crippen molar-refractivity contribution in [3.8, 4) is 0 Å². The van der Waals surface area contributed by atoms with Crippen LogP contribution in [0.25, 0.3) is 0 Å². The lowest BCUT2D eigenvalue weighted by atomic mass is 10.1. The molecule has 0 radical (unpaired) electrons. The SMILES string of the molecule is Nc1cccc(CCNCC2CCCCO2)c1. The summed E-state index contributed by atoms with van der Waals surface area (Å²) in [7, 11) is 0. The maximum Gasteiger partial charge on any atom is 0.0699 e. The summed E-state index contributed by atoms with van der Waals surface area (Å²) in [4.78, 5) is 0. The predicted molar refractivity (Wildman–Crippen MR) is 71.0 cm³/mol. The van der Waals surface area contributed by atoms with E-state index in [-0.39, 0.29) is 0 Å². The van der Waals surface area contributed by atoms with Gasteiger partial charge in [0.05, 0.1) is 6.10 Å². The average Bonchev–Trinajstić information content (AvgIpc) is 2.36. The molecule has 1 heterocycles. The van der Waals surface area contributed by atoms with E-state index in [9.17, 15) is 0 Å². The quantitative estimate of drug-likeness (QED) is 0.605. The van der Waals surface area contributed by atoms with Gasteiger partial charge in [-0.2, -0.15) is 0 Å². The molecule has 0 saturated carbocycles. The van der Waals surface area contributed by atoms with Crippen LogP contribution in [0.3, 0.4) is 0 Å². The van der Waals surface area contributed by atoms with Crippen LogP contribution >= 0.6 is 0 Å². The largest absolute Gasteiger partial charge is 0.399 e. The highest BCUT2D eigenvalue weighted by Crippen LogP contribution is 2.11. The van der Waals surface area contributed by atoms with Gasteiger partial charge in [0.15, 0.2) is 0 Å². The number of hydrogen-bond acceptors (Lipinski definition) is 3. The molecule has 1 fully saturated rings. The van der Waals surface area contributed by atoms with Gasteiger partial charge in [-0.1, -0.05) is 12.1 Å². The topological polar surface area (TPSA) is 47.3 Å². The van der Waals surface area contributed by atoms with Crippen molar-refractivity contribution in [1.29, 1.82) is 0 Å². The van der Waals surface area contributed by atoms with Crippen LogP contribution in [0, 0.1) is 0 Å². The normalized spacial score (nSPS) is 20.4. The highest BCUT2D eigenvalue weighted by Gasteiger charge is 2.12. The third kappa shape index (κ3) is 4.36. The van der Waals surface area contributed by atoms with Crippen molar-refractivity contribution >= 4 is 5.69 Å². The van der Waals surface area contributed by atoms with Crippen molar-refractivity contribution in [1.82, 2.24) is 5.32 Å². The molecule has 1 unspecified atom stereocenters. The minimum atomic E-state index is 0.421. The van der Waals surface area contributed by atoms with E-state index >= 15 is 0 Å². The second kappa shape index (κ2) is 6.62. The first kappa shape index (κ1) is 12.4. The molecule has 1 aliphatic rings. The van der Waals surface area contributed by atoms with Crippen molar-refractivity contribution in [2.75, 3.05) is 25.4 Å². The molecule has 0 aromatic heterocycles. The molecule has 1 atom stereocenters. The predicted octanol–water partition coefficient (Wildman–Crippen LogP) is 1.97. The van der Waals surface area contributed by atoms with E-state index in [0.717, 1.165) is 31.8 Å². The van der Waals surface area contributed by atoms with E-state index in [4.69, 9.17) is 10.5 Å². The number of benzene rings is 1. The van der Waals surface area contributed by atoms with E-state index in [1.165, 1.54) is 24.8 Å². The van der Waals surface area contributed by atoms with Gasteiger partial charge < -0.3 is 15.8 Å². The van der Waals surface area contributed by atoms with Crippen LogP contribution in [-0.2, 0) is 11.2 Å². The van der Waals surface area contributed by atoms with Crippen molar-refractivity contribution in [2.24, 2.45) is 0 Å². The Balaban J connectivity index is 1.62. The zero-order valence-electron chi connectivity index (χ0n) is 10.3. The highest BCUT2D eigenvalue weighted by molar-refractivity contribution is 5.40. The first-order valence-corrected chi connectivity index (χ1v) is 6.51. The number of hydrogen-bond donors (Lipinski definition) is 2. The fourth-order valence-corrected chi connectivity index (χ4v) is 2.21. The third-order valence-electron chi connectivity index (χ3n) is 3.19. The second-order valence-corrected chi connectivity index (χ2v) is 4.69. The lowest BCUT2D eigenvalue weighted by Crippen LogP contribution is -2.32. The summed E-state index contributed by atoms with van der Waals surface area (Å²) in [5, 5.41) is 3.46. The van der Waals surface area contributed by atoms with E-state index in [1.807, 2.05) is 18.2 Å². The van der Waals surface area contributed by atoms with E-state index in [1.54, 1.807) is 0 Å². The maximum absolute atomic E-state index is 5.74. The zero-order chi connectivity index (χ0) is 11.9.